The minimum atomic E-state index is -0.322. The molecule has 3 aromatic rings. The number of nitrogens with zero attached hydrogens (tertiary/aromatic N) is 2. The van der Waals surface area contributed by atoms with Crippen molar-refractivity contribution in [2.75, 3.05) is 20.3 Å². The van der Waals surface area contributed by atoms with Crippen LogP contribution in [0.15, 0.2) is 30.3 Å². The molecule has 0 saturated heterocycles. The Morgan fingerprint density at radius 3 is 2.66 bits per heavy atom. The normalized spacial score (nSPS) is 11.0. The minimum Gasteiger partial charge on any atom is -0.497 e. The molecule has 8 heteroatoms. The lowest BCUT2D eigenvalue weighted by atomic mass is 10.1. The van der Waals surface area contributed by atoms with E-state index in [9.17, 15) is 9.59 Å². The number of amides is 1. The zero-order chi connectivity index (χ0) is 23.3. The van der Waals surface area contributed by atoms with Crippen LogP contribution in [0.25, 0.3) is 11.0 Å². The molecule has 0 aliphatic carbocycles. The largest absolute Gasteiger partial charge is 0.497 e. The summed E-state index contributed by atoms with van der Waals surface area (Å²) in [6.45, 7) is 4.37. The molecule has 0 atom stereocenters. The van der Waals surface area contributed by atoms with Crippen molar-refractivity contribution in [3.63, 3.8) is 0 Å². The second-order valence-electron chi connectivity index (χ2n) is 7.57. The summed E-state index contributed by atoms with van der Waals surface area (Å²) in [4.78, 5) is 29.7. The average molecular weight is 458 g/mol. The molecule has 170 valence electrons. The van der Waals surface area contributed by atoms with Crippen LogP contribution >= 0.6 is 11.6 Å². The Morgan fingerprint density at radius 2 is 2.03 bits per heavy atom. The van der Waals surface area contributed by atoms with E-state index in [1.807, 2.05) is 16.7 Å². The third-order valence-electron chi connectivity index (χ3n) is 5.30. The van der Waals surface area contributed by atoms with E-state index in [1.54, 1.807) is 32.2 Å². The van der Waals surface area contributed by atoms with Crippen LogP contribution in [0.5, 0.6) is 5.75 Å². The maximum absolute atomic E-state index is 12.6. The van der Waals surface area contributed by atoms with E-state index in [-0.39, 0.29) is 24.0 Å². The molecule has 7 nitrogen and oxygen atoms in total. The van der Waals surface area contributed by atoms with Gasteiger partial charge in [-0.2, -0.15) is 0 Å². The van der Waals surface area contributed by atoms with Crippen molar-refractivity contribution in [1.82, 2.24) is 14.9 Å². The smallest absolute Gasteiger partial charge is 0.269 e. The minimum absolute atomic E-state index is 0.000560. The van der Waals surface area contributed by atoms with Crippen molar-refractivity contribution in [2.24, 2.45) is 0 Å². The molecule has 0 saturated carbocycles. The Bertz CT molecular complexity index is 1140. The number of aliphatic hydroxyl groups is 1. The van der Waals surface area contributed by atoms with Crippen molar-refractivity contribution in [3.05, 3.63) is 57.9 Å². The summed E-state index contributed by atoms with van der Waals surface area (Å²) < 4.78 is 7.22. The number of ketones is 1. The van der Waals surface area contributed by atoms with E-state index in [0.717, 1.165) is 23.1 Å². The number of methoxy groups -OCH3 is 1. The second kappa shape index (κ2) is 10.6. The van der Waals surface area contributed by atoms with Gasteiger partial charge in [0.25, 0.3) is 5.91 Å². The first-order valence-electron chi connectivity index (χ1n) is 10.7. The number of aromatic nitrogens is 2. The molecular weight excluding hydrogens is 430 g/mol. The highest BCUT2D eigenvalue weighted by Crippen LogP contribution is 2.30. The summed E-state index contributed by atoms with van der Waals surface area (Å²) in [5, 5.41) is 13.0. The van der Waals surface area contributed by atoms with Gasteiger partial charge in [-0.05, 0) is 49.6 Å². The number of carbonyl (C=O) groups is 2. The third-order valence-corrected chi connectivity index (χ3v) is 5.65. The Morgan fingerprint density at radius 1 is 1.25 bits per heavy atom. The molecule has 2 heterocycles. The maximum Gasteiger partial charge on any atom is 0.269 e. The topological polar surface area (TPSA) is 93.5 Å². The molecule has 0 aliphatic rings. The second-order valence-corrected chi connectivity index (χ2v) is 7.98. The van der Waals surface area contributed by atoms with Crippen molar-refractivity contribution in [1.29, 1.82) is 0 Å². The number of nitrogens with one attached hydrogen (secondary N) is 1. The highest BCUT2D eigenvalue weighted by Gasteiger charge is 2.22. The van der Waals surface area contributed by atoms with Gasteiger partial charge in [0, 0.05) is 34.8 Å². The lowest BCUT2D eigenvalue weighted by Crippen LogP contribution is -2.26. The molecule has 0 bridgehead atoms. The van der Waals surface area contributed by atoms with Crippen LogP contribution in [0.1, 0.15) is 58.8 Å². The van der Waals surface area contributed by atoms with E-state index in [1.165, 1.54) is 0 Å². The Balaban J connectivity index is 2.14. The van der Waals surface area contributed by atoms with Crippen molar-refractivity contribution in [2.45, 2.75) is 39.7 Å². The molecule has 0 spiro atoms. The van der Waals surface area contributed by atoms with Gasteiger partial charge in [0.2, 0.25) is 0 Å². The number of carbonyl (C=O) groups excluding carboxylic acids is 2. The van der Waals surface area contributed by atoms with Crippen LogP contribution in [0.2, 0.25) is 5.02 Å². The van der Waals surface area contributed by atoms with Crippen LogP contribution in [0, 0.1) is 0 Å². The summed E-state index contributed by atoms with van der Waals surface area (Å²) in [5.41, 5.74) is 3.20. The first-order valence-corrected chi connectivity index (χ1v) is 11.0. The molecular formula is C24H28ClN3O4. The van der Waals surface area contributed by atoms with Crippen molar-refractivity contribution >= 4 is 34.3 Å². The van der Waals surface area contributed by atoms with Crippen molar-refractivity contribution in [3.8, 4) is 5.75 Å². The predicted octanol–water partition coefficient (Wildman–Crippen LogP) is 4.01. The average Bonchev–Trinajstić information content (AvgIpc) is 3.08. The van der Waals surface area contributed by atoms with Gasteiger partial charge < -0.3 is 19.7 Å². The predicted molar refractivity (Wildman–Crippen MR) is 125 cm³/mol. The quantitative estimate of drug-likeness (QED) is 0.354. The van der Waals surface area contributed by atoms with Gasteiger partial charge >= 0.3 is 0 Å². The number of aliphatic hydroxyl groups excluding tert-OH is 1. The molecule has 32 heavy (non-hydrogen) atoms. The fourth-order valence-electron chi connectivity index (χ4n) is 3.78. The first kappa shape index (κ1) is 23.8. The molecule has 0 aliphatic heterocycles. The number of Topliss-reactive ketones (excluding diaryl/α,β-unsaturated/α-hetero) is 1. The third kappa shape index (κ3) is 4.95. The van der Waals surface area contributed by atoms with Crippen LogP contribution in [0.3, 0.4) is 0 Å². The monoisotopic (exact) mass is 457 g/mol. The van der Waals surface area contributed by atoms with Gasteiger partial charge in [-0.1, -0.05) is 31.0 Å². The molecule has 0 unspecified atom stereocenters. The summed E-state index contributed by atoms with van der Waals surface area (Å²) in [7, 11) is 1.58. The van der Waals surface area contributed by atoms with Gasteiger partial charge in [-0.15, -0.1) is 0 Å². The fourth-order valence-corrected chi connectivity index (χ4v) is 4.01. The number of hydrogen-bond donors (Lipinski definition) is 2. The van der Waals surface area contributed by atoms with E-state index in [0.29, 0.717) is 47.9 Å². The van der Waals surface area contributed by atoms with E-state index in [2.05, 4.69) is 17.2 Å². The SMILES string of the molecule is CCCc1c(C(C)=O)c2ccc(C(=O)NCCCO)nc2n1Cc1ccc(OC)cc1Cl. The number of hydrogen-bond acceptors (Lipinski definition) is 5. The summed E-state index contributed by atoms with van der Waals surface area (Å²) in [6, 6.07) is 8.89. The summed E-state index contributed by atoms with van der Waals surface area (Å²) in [6.07, 6.45) is 2.01. The van der Waals surface area contributed by atoms with Crippen LogP contribution in [-0.2, 0) is 13.0 Å². The number of halogens is 1. The van der Waals surface area contributed by atoms with E-state index < -0.39 is 0 Å². The highest BCUT2D eigenvalue weighted by molar-refractivity contribution is 6.31. The number of fused-ring (bicyclic) bond motifs is 1. The van der Waals surface area contributed by atoms with Gasteiger partial charge in [-0.25, -0.2) is 4.98 Å². The lowest BCUT2D eigenvalue weighted by Gasteiger charge is -2.13. The highest BCUT2D eigenvalue weighted by atomic mass is 35.5. The molecule has 2 aromatic heterocycles. The Kier molecular flexibility index (Phi) is 7.88. The van der Waals surface area contributed by atoms with Crippen LogP contribution < -0.4 is 10.1 Å². The van der Waals surface area contributed by atoms with Gasteiger partial charge in [0.05, 0.1) is 13.7 Å². The standard InChI is InChI=1S/C24H28ClN3O4/c1-4-6-21-22(15(2)30)18-9-10-20(24(31)26-11-5-12-29)27-23(18)28(21)14-16-7-8-17(32-3)13-19(16)25/h7-10,13,29H,4-6,11-12,14H2,1-3H3,(H,26,31). The molecule has 3 rings (SSSR count). The first-order chi connectivity index (χ1) is 15.4. The maximum atomic E-state index is 12.6. The lowest BCUT2D eigenvalue weighted by molar-refractivity contribution is 0.0945. The van der Waals surface area contributed by atoms with E-state index >= 15 is 0 Å². The summed E-state index contributed by atoms with van der Waals surface area (Å²) >= 11 is 6.50. The number of ether oxygens (including phenoxy) is 1. The molecule has 0 fully saturated rings. The van der Waals surface area contributed by atoms with Crippen LogP contribution in [-0.4, -0.2) is 46.6 Å². The molecule has 2 N–H and O–H groups in total. The molecule has 1 amide bonds. The van der Waals surface area contributed by atoms with Crippen molar-refractivity contribution < 1.29 is 19.4 Å². The molecule has 0 radical (unpaired) electrons. The zero-order valence-corrected chi connectivity index (χ0v) is 19.3. The summed E-state index contributed by atoms with van der Waals surface area (Å²) in [5.74, 6) is 0.297. The fraction of sp³-hybridized carbons (Fsp3) is 0.375. The number of benzene rings is 1. The zero-order valence-electron chi connectivity index (χ0n) is 18.6. The Hall–Kier alpha value is -2.90. The van der Waals surface area contributed by atoms with Gasteiger partial charge in [-0.3, -0.25) is 9.59 Å². The van der Waals surface area contributed by atoms with Gasteiger partial charge in [0.15, 0.2) is 5.78 Å². The van der Waals surface area contributed by atoms with Crippen LogP contribution in [0.4, 0.5) is 0 Å². The Labute approximate surface area is 192 Å². The van der Waals surface area contributed by atoms with Gasteiger partial charge in [0.1, 0.15) is 17.1 Å². The molecule has 1 aromatic carbocycles. The number of pyridine rings is 1. The number of rotatable bonds is 10. The van der Waals surface area contributed by atoms with E-state index in [4.69, 9.17) is 21.4 Å².